The zero-order valence-corrected chi connectivity index (χ0v) is 12.6. The summed E-state index contributed by atoms with van der Waals surface area (Å²) in [4.78, 5) is 13.1. The van der Waals surface area contributed by atoms with Gasteiger partial charge < -0.3 is 9.84 Å². The van der Waals surface area contributed by atoms with Crippen molar-refractivity contribution in [1.82, 2.24) is 4.90 Å². The zero-order valence-electron chi connectivity index (χ0n) is 12.6. The maximum Gasteiger partial charge on any atom is 0.307 e. The van der Waals surface area contributed by atoms with Crippen molar-refractivity contribution in [2.24, 2.45) is 5.92 Å². The molecule has 0 aromatic heterocycles. The van der Waals surface area contributed by atoms with Gasteiger partial charge in [-0.2, -0.15) is 0 Å². The molecule has 0 saturated heterocycles. The fourth-order valence-corrected chi connectivity index (χ4v) is 2.07. The standard InChI is InChI=1S/C16H25NO3/c1-4-8-17(12-14(3)16(18)19)9-10-20-15-7-5-6-13(2)11-15/h5-7,11,14H,4,8-10,12H2,1-3H3,(H,18,19). The quantitative estimate of drug-likeness (QED) is 0.755. The maximum absolute atomic E-state index is 10.9. The fourth-order valence-electron chi connectivity index (χ4n) is 2.07. The molecule has 0 aliphatic carbocycles. The number of carboxylic acids is 1. The Labute approximate surface area is 121 Å². The molecule has 112 valence electrons. The Morgan fingerprint density at radius 1 is 1.40 bits per heavy atom. The van der Waals surface area contributed by atoms with Gasteiger partial charge in [0.15, 0.2) is 0 Å². The molecule has 1 unspecified atom stereocenters. The van der Waals surface area contributed by atoms with E-state index >= 15 is 0 Å². The third-order valence-electron chi connectivity index (χ3n) is 3.16. The van der Waals surface area contributed by atoms with Gasteiger partial charge >= 0.3 is 5.97 Å². The van der Waals surface area contributed by atoms with Crippen LogP contribution in [0.3, 0.4) is 0 Å². The Bertz CT molecular complexity index is 420. The number of hydrogen-bond acceptors (Lipinski definition) is 3. The summed E-state index contributed by atoms with van der Waals surface area (Å²) in [5, 5.41) is 8.98. The van der Waals surface area contributed by atoms with Gasteiger partial charge in [0, 0.05) is 13.1 Å². The van der Waals surface area contributed by atoms with E-state index in [0.717, 1.165) is 25.3 Å². The Morgan fingerprint density at radius 2 is 2.15 bits per heavy atom. The van der Waals surface area contributed by atoms with Crippen LogP contribution in [-0.2, 0) is 4.79 Å². The van der Waals surface area contributed by atoms with Crippen LogP contribution in [0, 0.1) is 12.8 Å². The molecular formula is C16H25NO3. The van der Waals surface area contributed by atoms with Crippen LogP contribution in [0.15, 0.2) is 24.3 Å². The van der Waals surface area contributed by atoms with Crippen molar-refractivity contribution in [3.8, 4) is 5.75 Å². The first-order chi connectivity index (χ1) is 9.52. The van der Waals surface area contributed by atoms with Gasteiger partial charge in [-0.1, -0.05) is 26.0 Å². The number of rotatable bonds is 9. The minimum Gasteiger partial charge on any atom is -0.492 e. The van der Waals surface area contributed by atoms with E-state index in [-0.39, 0.29) is 5.92 Å². The van der Waals surface area contributed by atoms with Crippen LogP contribution in [0.2, 0.25) is 0 Å². The molecule has 1 aromatic rings. The molecule has 1 rings (SSSR count). The molecule has 20 heavy (non-hydrogen) atoms. The second kappa shape index (κ2) is 8.59. The van der Waals surface area contributed by atoms with E-state index in [1.54, 1.807) is 6.92 Å². The molecule has 0 fully saturated rings. The van der Waals surface area contributed by atoms with Crippen LogP contribution in [-0.4, -0.2) is 42.2 Å². The average Bonchev–Trinajstić information content (AvgIpc) is 2.38. The van der Waals surface area contributed by atoms with Gasteiger partial charge in [-0.15, -0.1) is 0 Å². The molecular weight excluding hydrogens is 254 g/mol. The predicted molar refractivity (Wildman–Crippen MR) is 80.2 cm³/mol. The van der Waals surface area contributed by atoms with Gasteiger partial charge in [-0.05, 0) is 37.6 Å². The van der Waals surface area contributed by atoms with E-state index in [2.05, 4.69) is 11.8 Å². The number of nitrogens with zero attached hydrogens (tertiary/aromatic N) is 1. The van der Waals surface area contributed by atoms with Crippen LogP contribution in [0.1, 0.15) is 25.8 Å². The third-order valence-corrected chi connectivity index (χ3v) is 3.16. The molecule has 1 atom stereocenters. The monoisotopic (exact) mass is 279 g/mol. The van der Waals surface area contributed by atoms with E-state index in [1.165, 1.54) is 5.56 Å². The van der Waals surface area contributed by atoms with Crippen LogP contribution in [0.25, 0.3) is 0 Å². The lowest BCUT2D eigenvalue weighted by molar-refractivity contribution is -0.141. The van der Waals surface area contributed by atoms with Crippen LogP contribution in [0.4, 0.5) is 0 Å². The molecule has 0 heterocycles. The molecule has 4 nitrogen and oxygen atoms in total. The summed E-state index contributed by atoms with van der Waals surface area (Å²) in [6.45, 7) is 8.67. The molecule has 0 spiro atoms. The Balaban J connectivity index is 2.40. The van der Waals surface area contributed by atoms with Crippen LogP contribution < -0.4 is 4.74 Å². The number of carbonyl (C=O) groups is 1. The minimum atomic E-state index is -0.745. The number of benzene rings is 1. The van der Waals surface area contributed by atoms with Crippen molar-refractivity contribution in [2.75, 3.05) is 26.2 Å². The van der Waals surface area contributed by atoms with Gasteiger partial charge in [0.2, 0.25) is 0 Å². The molecule has 0 bridgehead atoms. The predicted octanol–water partition coefficient (Wildman–Crippen LogP) is 2.81. The lowest BCUT2D eigenvalue weighted by Gasteiger charge is -2.23. The summed E-state index contributed by atoms with van der Waals surface area (Å²) in [6.07, 6.45) is 1.01. The summed E-state index contributed by atoms with van der Waals surface area (Å²) in [7, 11) is 0. The van der Waals surface area contributed by atoms with Gasteiger partial charge in [0.1, 0.15) is 12.4 Å². The van der Waals surface area contributed by atoms with Crippen molar-refractivity contribution in [3.63, 3.8) is 0 Å². The van der Waals surface area contributed by atoms with Crippen molar-refractivity contribution in [2.45, 2.75) is 27.2 Å². The highest BCUT2D eigenvalue weighted by Gasteiger charge is 2.15. The number of carboxylic acid groups (broad SMARTS) is 1. The SMILES string of the molecule is CCCN(CCOc1cccc(C)c1)CC(C)C(=O)O. The topological polar surface area (TPSA) is 49.8 Å². The van der Waals surface area contributed by atoms with E-state index in [4.69, 9.17) is 9.84 Å². The van der Waals surface area contributed by atoms with E-state index in [0.29, 0.717) is 13.2 Å². The second-order valence-corrected chi connectivity index (χ2v) is 5.20. The maximum atomic E-state index is 10.9. The Hall–Kier alpha value is -1.55. The summed E-state index contributed by atoms with van der Waals surface area (Å²) in [5.74, 6) is -0.223. The summed E-state index contributed by atoms with van der Waals surface area (Å²) in [6, 6.07) is 7.95. The normalized spacial score (nSPS) is 12.4. The lowest BCUT2D eigenvalue weighted by Crippen LogP contribution is -2.35. The van der Waals surface area contributed by atoms with E-state index in [1.807, 2.05) is 31.2 Å². The van der Waals surface area contributed by atoms with Crippen LogP contribution >= 0.6 is 0 Å². The Kier molecular flexibility index (Phi) is 7.09. The highest BCUT2D eigenvalue weighted by atomic mass is 16.5. The van der Waals surface area contributed by atoms with E-state index in [9.17, 15) is 4.79 Å². The first kappa shape index (κ1) is 16.5. The van der Waals surface area contributed by atoms with Gasteiger partial charge in [0.05, 0.1) is 5.92 Å². The molecule has 0 radical (unpaired) electrons. The smallest absolute Gasteiger partial charge is 0.307 e. The highest BCUT2D eigenvalue weighted by Crippen LogP contribution is 2.12. The second-order valence-electron chi connectivity index (χ2n) is 5.20. The minimum absolute atomic E-state index is 0.347. The average molecular weight is 279 g/mol. The molecule has 0 amide bonds. The number of hydrogen-bond donors (Lipinski definition) is 1. The van der Waals surface area contributed by atoms with Gasteiger partial charge in [-0.25, -0.2) is 0 Å². The fraction of sp³-hybridized carbons (Fsp3) is 0.562. The van der Waals surface area contributed by atoms with Crippen molar-refractivity contribution < 1.29 is 14.6 Å². The lowest BCUT2D eigenvalue weighted by atomic mass is 10.1. The summed E-state index contributed by atoms with van der Waals surface area (Å²) < 4.78 is 5.72. The third kappa shape index (κ3) is 6.06. The van der Waals surface area contributed by atoms with Crippen LogP contribution in [0.5, 0.6) is 5.75 Å². The number of aliphatic carboxylic acids is 1. The number of aryl methyl sites for hydroxylation is 1. The van der Waals surface area contributed by atoms with Crippen molar-refractivity contribution >= 4 is 5.97 Å². The van der Waals surface area contributed by atoms with Gasteiger partial charge in [-0.3, -0.25) is 9.69 Å². The first-order valence-electron chi connectivity index (χ1n) is 7.17. The molecule has 0 aliphatic heterocycles. The summed E-state index contributed by atoms with van der Waals surface area (Å²) >= 11 is 0. The van der Waals surface area contributed by atoms with Crippen molar-refractivity contribution in [3.05, 3.63) is 29.8 Å². The van der Waals surface area contributed by atoms with E-state index < -0.39 is 5.97 Å². The largest absolute Gasteiger partial charge is 0.492 e. The Morgan fingerprint density at radius 3 is 2.75 bits per heavy atom. The van der Waals surface area contributed by atoms with Gasteiger partial charge in [0.25, 0.3) is 0 Å². The molecule has 0 aliphatic rings. The summed E-state index contributed by atoms with van der Waals surface area (Å²) in [5.41, 5.74) is 1.17. The molecule has 1 N–H and O–H groups in total. The highest BCUT2D eigenvalue weighted by molar-refractivity contribution is 5.69. The molecule has 0 saturated carbocycles. The molecule has 4 heteroatoms. The van der Waals surface area contributed by atoms with Crippen molar-refractivity contribution in [1.29, 1.82) is 0 Å². The first-order valence-corrected chi connectivity index (χ1v) is 7.17. The number of ether oxygens (including phenoxy) is 1. The zero-order chi connectivity index (χ0) is 15.0. The molecule has 1 aromatic carbocycles.